The average molecular weight is 251 g/mol. The second kappa shape index (κ2) is 5.02. The molecule has 0 spiro atoms. The highest BCUT2D eigenvalue weighted by atomic mass is 19.4. The van der Waals surface area contributed by atoms with Gasteiger partial charge in [-0.25, -0.2) is 0 Å². The van der Waals surface area contributed by atoms with Gasteiger partial charge in [-0.1, -0.05) is 31.5 Å². The smallest absolute Gasteiger partial charge is 0.191 e. The van der Waals surface area contributed by atoms with Gasteiger partial charge in [0, 0.05) is 5.56 Å². The van der Waals surface area contributed by atoms with E-state index >= 15 is 0 Å². The lowest BCUT2D eigenvalue weighted by molar-refractivity contribution is -0.289. The summed E-state index contributed by atoms with van der Waals surface area (Å²) >= 11 is 0. The summed E-state index contributed by atoms with van der Waals surface area (Å²) in [6, 6.07) is 4.45. The maximum Gasteiger partial charge on any atom is 0.458 e. The molecule has 1 aromatic carbocycles. The van der Waals surface area contributed by atoms with E-state index < -0.39 is 17.7 Å². The molecule has 0 N–H and O–H groups in total. The van der Waals surface area contributed by atoms with Crippen LogP contribution in [-0.2, 0) is 12.3 Å². The number of hydrogen-bond donors (Lipinski definition) is 0. The van der Waals surface area contributed by atoms with Crippen LogP contribution in [0.1, 0.15) is 24.0 Å². The van der Waals surface area contributed by atoms with Crippen LogP contribution in [0.4, 0.5) is 22.0 Å². The molecule has 0 saturated carbocycles. The van der Waals surface area contributed by atoms with Crippen molar-refractivity contribution in [1.29, 1.82) is 0 Å². The third-order valence-electron chi connectivity index (χ3n) is 2.36. The van der Waals surface area contributed by atoms with Gasteiger partial charge >= 0.3 is 12.1 Å². The first-order valence-electron chi connectivity index (χ1n) is 5.12. The van der Waals surface area contributed by atoms with E-state index in [0.29, 0.717) is 24.8 Å². The SMILES string of the molecule is [CH2]CCCc1cccc(C(F)(F)C(F)(F)F)c1. The molecule has 95 valence electrons. The predicted octanol–water partition coefficient (Wildman–Crippen LogP) is 4.50. The van der Waals surface area contributed by atoms with Crippen molar-refractivity contribution in [2.75, 3.05) is 0 Å². The molecule has 0 amide bonds. The second-order valence-corrected chi connectivity index (χ2v) is 3.73. The largest absolute Gasteiger partial charge is 0.458 e. The highest BCUT2D eigenvalue weighted by Crippen LogP contribution is 2.43. The molecule has 0 bridgehead atoms. The highest BCUT2D eigenvalue weighted by molar-refractivity contribution is 5.28. The molecule has 5 heteroatoms. The monoisotopic (exact) mass is 251 g/mol. The lowest BCUT2D eigenvalue weighted by Gasteiger charge is -2.20. The minimum atomic E-state index is -5.56. The summed E-state index contributed by atoms with van der Waals surface area (Å²) in [5.74, 6) is -4.80. The fraction of sp³-hybridized carbons (Fsp3) is 0.417. The van der Waals surface area contributed by atoms with Crippen LogP contribution in [0.3, 0.4) is 0 Å². The Balaban J connectivity index is 2.99. The number of alkyl halides is 5. The molecule has 0 fully saturated rings. The molecule has 0 aliphatic rings. The normalized spacial score (nSPS) is 12.8. The Morgan fingerprint density at radius 1 is 1.06 bits per heavy atom. The van der Waals surface area contributed by atoms with Crippen molar-refractivity contribution in [2.24, 2.45) is 0 Å². The van der Waals surface area contributed by atoms with Gasteiger partial charge in [-0.15, -0.1) is 0 Å². The van der Waals surface area contributed by atoms with Crippen molar-refractivity contribution < 1.29 is 22.0 Å². The zero-order chi connectivity index (χ0) is 13.1. The number of aryl methyl sites for hydroxylation is 1. The number of rotatable bonds is 4. The van der Waals surface area contributed by atoms with Crippen LogP contribution in [-0.4, -0.2) is 6.18 Å². The Kier molecular flexibility index (Phi) is 4.11. The predicted molar refractivity (Wildman–Crippen MR) is 54.7 cm³/mol. The van der Waals surface area contributed by atoms with Crippen LogP contribution < -0.4 is 0 Å². The summed E-state index contributed by atoms with van der Waals surface area (Å²) < 4.78 is 62.5. The molecule has 17 heavy (non-hydrogen) atoms. The summed E-state index contributed by atoms with van der Waals surface area (Å²) in [7, 11) is 0. The minimum Gasteiger partial charge on any atom is -0.191 e. The maximum absolute atomic E-state index is 13.0. The molecule has 0 aliphatic carbocycles. The molecule has 1 radical (unpaired) electrons. The van der Waals surface area contributed by atoms with Gasteiger partial charge in [0.15, 0.2) is 0 Å². The molecule has 1 rings (SSSR count). The highest BCUT2D eigenvalue weighted by Gasteiger charge is 2.58. The maximum atomic E-state index is 13.0. The minimum absolute atomic E-state index is 0.450. The Bertz CT molecular complexity index is 367. The molecule has 0 atom stereocenters. The van der Waals surface area contributed by atoms with Crippen LogP contribution in [0.2, 0.25) is 0 Å². The van der Waals surface area contributed by atoms with Crippen molar-refractivity contribution in [2.45, 2.75) is 31.4 Å². The van der Waals surface area contributed by atoms with Crippen molar-refractivity contribution in [3.8, 4) is 0 Å². The second-order valence-electron chi connectivity index (χ2n) is 3.73. The fourth-order valence-corrected chi connectivity index (χ4v) is 1.41. The summed E-state index contributed by atoms with van der Waals surface area (Å²) in [6.07, 6.45) is -3.84. The molecule has 0 aliphatic heterocycles. The van der Waals surface area contributed by atoms with Gasteiger partial charge in [-0.2, -0.15) is 22.0 Å². The van der Waals surface area contributed by atoms with Crippen molar-refractivity contribution in [1.82, 2.24) is 0 Å². The van der Waals surface area contributed by atoms with E-state index in [4.69, 9.17) is 0 Å². The van der Waals surface area contributed by atoms with Crippen LogP contribution in [0, 0.1) is 6.92 Å². The van der Waals surface area contributed by atoms with Crippen molar-refractivity contribution in [3.05, 3.63) is 42.3 Å². The summed E-state index contributed by atoms with van der Waals surface area (Å²) in [4.78, 5) is 0. The third-order valence-corrected chi connectivity index (χ3v) is 2.36. The van der Waals surface area contributed by atoms with E-state index in [9.17, 15) is 22.0 Å². The van der Waals surface area contributed by atoms with Gasteiger partial charge in [0.05, 0.1) is 0 Å². The van der Waals surface area contributed by atoms with Crippen LogP contribution >= 0.6 is 0 Å². The molecule has 0 nitrogen and oxygen atoms in total. The first-order chi connectivity index (χ1) is 7.79. The summed E-state index contributed by atoms with van der Waals surface area (Å²) in [5, 5.41) is 0. The topological polar surface area (TPSA) is 0 Å². The number of benzene rings is 1. The number of unbranched alkanes of at least 4 members (excludes halogenated alkanes) is 1. The molecule has 0 unspecified atom stereocenters. The van der Waals surface area contributed by atoms with E-state index in [0.717, 1.165) is 12.1 Å². The van der Waals surface area contributed by atoms with E-state index in [1.54, 1.807) is 0 Å². The molecule has 0 aromatic heterocycles. The van der Waals surface area contributed by atoms with Crippen molar-refractivity contribution >= 4 is 0 Å². The number of hydrogen-bond acceptors (Lipinski definition) is 0. The van der Waals surface area contributed by atoms with Gasteiger partial charge < -0.3 is 0 Å². The van der Waals surface area contributed by atoms with E-state index in [1.807, 2.05) is 0 Å². The molecule has 0 heterocycles. The lowest BCUT2D eigenvalue weighted by Crippen LogP contribution is -2.33. The van der Waals surface area contributed by atoms with Gasteiger partial charge in [-0.05, 0) is 24.5 Å². The Morgan fingerprint density at radius 3 is 2.24 bits per heavy atom. The first-order valence-corrected chi connectivity index (χ1v) is 5.12. The van der Waals surface area contributed by atoms with Gasteiger partial charge in [0.2, 0.25) is 0 Å². The Hall–Kier alpha value is -1.13. The quantitative estimate of drug-likeness (QED) is 0.691. The van der Waals surface area contributed by atoms with E-state index in [1.165, 1.54) is 12.1 Å². The Labute approximate surface area is 96.4 Å². The Morgan fingerprint density at radius 2 is 1.71 bits per heavy atom. The third kappa shape index (κ3) is 3.17. The number of halogens is 5. The molecule has 1 aromatic rings. The van der Waals surface area contributed by atoms with Gasteiger partial charge in [0.25, 0.3) is 0 Å². The van der Waals surface area contributed by atoms with Crippen LogP contribution in [0.25, 0.3) is 0 Å². The summed E-state index contributed by atoms with van der Waals surface area (Å²) in [5.41, 5.74) is -0.540. The average Bonchev–Trinajstić information content (AvgIpc) is 2.25. The van der Waals surface area contributed by atoms with Crippen LogP contribution in [0.15, 0.2) is 24.3 Å². The molecule has 0 saturated heterocycles. The summed E-state index contributed by atoms with van der Waals surface area (Å²) in [6.45, 7) is 3.58. The zero-order valence-electron chi connectivity index (χ0n) is 9.03. The standard InChI is InChI=1S/C12H12F5/c1-2-3-5-9-6-4-7-10(8-9)11(13,14)12(15,16)17/h4,6-8H,1-3,5H2. The van der Waals surface area contributed by atoms with Gasteiger partial charge in [-0.3, -0.25) is 0 Å². The van der Waals surface area contributed by atoms with Crippen LogP contribution in [0.5, 0.6) is 0 Å². The molecular formula is C12H12F5. The zero-order valence-corrected chi connectivity index (χ0v) is 9.03. The van der Waals surface area contributed by atoms with E-state index in [-0.39, 0.29) is 0 Å². The fourth-order valence-electron chi connectivity index (χ4n) is 1.41. The van der Waals surface area contributed by atoms with E-state index in [2.05, 4.69) is 6.92 Å². The van der Waals surface area contributed by atoms with Crippen molar-refractivity contribution in [3.63, 3.8) is 0 Å². The lowest BCUT2D eigenvalue weighted by atomic mass is 10.0. The van der Waals surface area contributed by atoms with Gasteiger partial charge in [0.1, 0.15) is 0 Å². The first kappa shape index (κ1) is 13.9. The molecular weight excluding hydrogens is 239 g/mol.